The Morgan fingerprint density at radius 1 is 1.09 bits per heavy atom. The minimum atomic E-state index is -3.73. The van der Waals surface area contributed by atoms with Gasteiger partial charge in [0, 0.05) is 36.3 Å². The Labute approximate surface area is 200 Å². The van der Waals surface area contributed by atoms with Gasteiger partial charge in [0.2, 0.25) is 10.0 Å². The van der Waals surface area contributed by atoms with Crippen LogP contribution >= 0.6 is 11.6 Å². The highest BCUT2D eigenvalue weighted by Crippen LogP contribution is 2.30. The van der Waals surface area contributed by atoms with Crippen LogP contribution in [0.1, 0.15) is 16.7 Å². The first kappa shape index (κ1) is 25.9. The number of nitrogens with zero attached hydrogens (tertiary/aromatic N) is 1. The molecule has 10 heteroatoms. The van der Waals surface area contributed by atoms with Gasteiger partial charge in [-0.1, -0.05) is 17.7 Å². The van der Waals surface area contributed by atoms with Crippen LogP contribution in [0.5, 0.6) is 5.75 Å². The Morgan fingerprint density at radius 3 is 2.58 bits per heavy atom. The van der Waals surface area contributed by atoms with E-state index in [9.17, 15) is 13.5 Å². The maximum absolute atomic E-state index is 12.7. The van der Waals surface area contributed by atoms with Crippen LogP contribution in [-0.4, -0.2) is 71.0 Å². The lowest BCUT2D eigenvalue weighted by molar-refractivity contribution is 0.0530. The predicted octanol–water partition coefficient (Wildman–Crippen LogP) is 1.92. The molecule has 2 aromatic carbocycles. The van der Waals surface area contributed by atoms with Crippen molar-refractivity contribution >= 4 is 21.6 Å². The van der Waals surface area contributed by atoms with Crippen LogP contribution in [-0.2, 0) is 38.9 Å². The van der Waals surface area contributed by atoms with Crippen molar-refractivity contribution in [2.45, 2.75) is 30.3 Å². The Bertz CT molecular complexity index is 1030. The molecule has 0 saturated heterocycles. The lowest BCUT2D eigenvalue weighted by Gasteiger charge is -2.24. The molecule has 0 aromatic heterocycles. The highest BCUT2D eigenvalue weighted by Gasteiger charge is 2.26. The number of phenolic OH excluding ortho intramolecular Hbond substituents is 1. The largest absolute Gasteiger partial charge is 0.508 e. The summed E-state index contributed by atoms with van der Waals surface area (Å²) < 4.78 is 38.4. The number of hydrogen-bond acceptors (Lipinski definition) is 7. The Hall–Kier alpha value is -1.72. The van der Waals surface area contributed by atoms with Crippen LogP contribution in [0.4, 0.5) is 0 Å². The summed E-state index contributed by atoms with van der Waals surface area (Å²) in [5.74, 6) is 0.0696. The van der Waals surface area contributed by atoms with E-state index in [1.165, 1.54) is 29.3 Å². The number of halogens is 1. The van der Waals surface area contributed by atoms with Crippen LogP contribution in [0.15, 0.2) is 41.3 Å². The molecule has 2 aromatic rings. The molecule has 0 saturated carbocycles. The van der Waals surface area contributed by atoms with Crippen molar-refractivity contribution in [3.8, 4) is 5.75 Å². The zero-order valence-corrected chi connectivity index (χ0v) is 20.4. The summed E-state index contributed by atoms with van der Waals surface area (Å²) in [7, 11) is -1.75. The van der Waals surface area contributed by atoms with Crippen molar-refractivity contribution in [1.82, 2.24) is 9.62 Å². The lowest BCUT2D eigenvalue weighted by Crippen LogP contribution is -2.32. The fourth-order valence-corrected chi connectivity index (χ4v) is 5.12. The number of nitrogens with one attached hydrogen (secondary N) is 1. The summed E-state index contributed by atoms with van der Waals surface area (Å²) in [4.78, 5) is 2.24. The van der Waals surface area contributed by atoms with Gasteiger partial charge in [-0.25, -0.2) is 13.1 Å². The van der Waals surface area contributed by atoms with E-state index < -0.39 is 10.0 Å². The van der Waals surface area contributed by atoms with Crippen molar-refractivity contribution in [3.63, 3.8) is 0 Å². The fraction of sp³-hybridized carbons (Fsp3) is 0.478. The van der Waals surface area contributed by atoms with Gasteiger partial charge < -0.3 is 20.3 Å². The van der Waals surface area contributed by atoms with Crippen LogP contribution in [0.2, 0.25) is 5.02 Å². The van der Waals surface area contributed by atoms with Gasteiger partial charge in [-0.2, -0.15) is 0 Å². The molecule has 1 aliphatic carbocycles. The van der Waals surface area contributed by atoms with Crippen molar-refractivity contribution in [1.29, 1.82) is 0 Å². The monoisotopic (exact) mass is 497 g/mol. The summed E-state index contributed by atoms with van der Waals surface area (Å²) in [6.07, 6.45) is 1.75. The van der Waals surface area contributed by atoms with Crippen LogP contribution in [0.3, 0.4) is 0 Å². The number of rotatable bonds is 13. The number of hydrogen-bond donors (Lipinski definition) is 3. The number of likely N-dealkylation sites (N-methyl/N-ethyl adjacent to an activating group) is 1. The minimum Gasteiger partial charge on any atom is -0.508 e. The molecule has 0 aliphatic heterocycles. The second-order valence-electron chi connectivity index (χ2n) is 8.09. The minimum absolute atomic E-state index is 0.0696. The summed E-state index contributed by atoms with van der Waals surface area (Å²) in [6, 6.07) is 10.5. The highest BCUT2D eigenvalue weighted by atomic mass is 35.5. The maximum Gasteiger partial charge on any atom is 0.240 e. The van der Waals surface area contributed by atoms with E-state index in [0.29, 0.717) is 38.5 Å². The van der Waals surface area contributed by atoms with E-state index in [0.717, 1.165) is 17.9 Å². The molecular formula is C23H32ClN3O5S. The molecule has 3 rings (SSSR count). The van der Waals surface area contributed by atoms with Gasteiger partial charge in [-0.3, -0.25) is 4.90 Å². The van der Waals surface area contributed by atoms with Gasteiger partial charge in [0.1, 0.15) is 5.75 Å². The first-order valence-electron chi connectivity index (χ1n) is 10.9. The molecule has 1 atom stereocenters. The quantitative estimate of drug-likeness (QED) is 0.362. The molecule has 0 spiro atoms. The average molecular weight is 498 g/mol. The van der Waals surface area contributed by atoms with E-state index in [1.807, 2.05) is 19.2 Å². The van der Waals surface area contributed by atoms with E-state index in [2.05, 4.69) is 15.7 Å². The first-order chi connectivity index (χ1) is 15.8. The maximum atomic E-state index is 12.7. The molecule has 182 valence electrons. The van der Waals surface area contributed by atoms with Gasteiger partial charge in [-0.05, 0) is 61.3 Å². The third-order valence-corrected chi connectivity index (χ3v) is 7.35. The molecule has 0 radical (unpaired) electrons. The van der Waals surface area contributed by atoms with Gasteiger partial charge in [-0.15, -0.1) is 0 Å². The summed E-state index contributed by atoms with van der Waals surface area (Å²) in [5.41, 5.74) is 8.39. The molecule has 0 heterocycles. The average Bonchev–Trinajstić information content (AvgIpc) is 3.20. The summed E-state index contributed by atoms with van der Waals surface area (Å²) >= 11 is 6.11. The molecule has 0 amide bonds. The van der Waals surface area contributed by atoms with Crippen molar-refractivity contribution in [3.05, 3.63) is 58.1 Å². The number of fused-ring (bicyclic) bond motifs is 1. The SMILES string of the molecule is CN(Cc1cc(S(=O)(=O)NCCOCCOCCN)ccc1O)[C@H]1Cc2ccc(Cl)cc2C1. The number of nitrogens with two attached hydrogens (primary N) is 1. The zero-order valence-electron chi connectivity index (χ0n) is 18.8. The Morgan fingerprint density at radius 2 is 1.82 bits per heavy atom. The van der Waals surface area contributed by atoms with Gasteiger partial charge in [0.05, 0.1) is 31.3 Å². The zero-order chi connectivity index (χ0) is 23.8. The van der Waals surface area contributed by atoms with E-state index in [-0.39, 0.29) is 29.8 Å². The number of ether oxygens (including phenoxy) is 2. The molecule has 33 heavy (non-hydrogen) atoms. The fourth-order valence-electron chi connectivity index (χ4n) is 3.87. The third kappa shape index (κ3) is 7.38. The van der Waals surface area contributed by atoms with E-state index >= 15 is 0 Å². The number of phenols is 1. The van der Waals surface area contributed by atoms with Gasteiger partial charge in [0.25, 0.3) is 0 Å². The summed E-state index contributed by atoms with van der Waals surface area (Å²) in [5, 5.41) is 11.1. The molecule has 4 N–H and O–H groups in total. The predicted molar refractivity (Wildman–Crippen MR) is 128 cm³/mol. The molecule has 1 aliphatic rings. The van der Waals surface area contributed by atoms with Gasteiger partial charge in [0.15, 0.2) is 0 Å². The van der Waals surface area contributed by atoms with Crippen molar-refractivity contribution in [2.75, 3.05) is 46.6 Å². The number of benzene rings is 2. The van der Waals surface area contributed by atoms with E-state index in [4.69, 9.17) is 26.8 Å². The molecule has 8 nitrogen and oxygen atoms in total. The molecule has 0 fully saturated rings. The van der Waals surface area contributed by atoms with Crippen molar-refractivity contribution in [2.24, 2.45) is 5.73 Å². The topological polar surface area (TPSA) is 114 Å². The van der Waals surface area contributed by atoms with Crippen LogP contribution < -0.4 is 10.5 Å². The second-order valence-corrected chi connectivity index (χ2v) is 10.3. The molecule has 0 unspecified atom stereocenters. The molecular weight excluding hydrogens is 466 g/mol. The normalized spacial score (nSPS) is 15.8. The smallest absolute Gasteiger partial charge is 0.240 e. The standard InChI is InChI=1S/C23H32ClN3O5S/c1-27(21-13-17-2-3-20(24)12-18(17)14-21)16-19-15-22(4-5-23(19)28)33(29,30)26-7-9-32-11-10-31-8-6-25/h2-5,12,15,21,26,28H,6-11,13-14,16,25H2,1H3/t21-/m0/s1. The molecule has 0 bridgehead atoms. The third-order valence-electron chi connectivity index (χ3n) is 5.66. The Balaban J connectivity index is 1.54. The second kappa shape index (κ2) is 12.1. The number of sulfonamides is 1. The van der Waals surface area contributed by atoms with E-state index in [1.54, 1.807) is 0 Å². The van der Waals surface area contributed by atoms with Crippen molar-refractivity contribution < 1.29 is 23.0 Å². The Kier molecular flexibility index (Phi) is 9.51. The first-order valence-corrected chi connectivity index (χ1v) is 12.8. The van der Waals surface area contributed by atoms with Crippen LogP contribution in [0, 0.1) is 0 Å². The lowest BCUT2D eigenvalue weighted by atomic mass is 10.1. The van der Waals surface area contributed by atoms with Gasteiger partial charge >= 0.3 is 0 Å². The van der Waals surface area contributed by atoms with Crippen LogP contribution in [0.25, 0.3) is 0 Å². The summed E-state index contributed by atoms with van der Waals surface area (Å²) in [6.45, 7) is 2.49. The number of aromatic hydroxyl groups is 1. The highest BCUT2D eigenvalue weighted by molar-refractivity contribution is 7.89.